The quantitative estimate of drug-likeness (QED) is 0.0281. The number of hydrogen-bond donors (Lipinski definition) is 18. The molecule has 2 fully saturated rings. The molecule has 2 aliphatic heterocycles. The Morgan fingerprint density at radius 1 is 0.449 bits per heavy atom. The summed E-state index contributed by atoms with van der Waals surface area (Å²) in [5.74, 6) is -18.3. The van der Waals surface area contributed by atoms with Crippen molar-refractivity contribution in [2.24, 2.45) is 23.3 Å². The molecule has 20 N–H and O–H groups in total. The molecule has 3 aromatic rings. The topological polar surface area (TPSA) is 564 Å². The second kappa shape index (κ2) is 43.0. The van der Waals surface area contributed by atoms with Gasteiger partial charge in [-0.05, 0) is 124 Å². The van der Waals surface area contributed by atoms with Gasteiger partial charge in [0, 0.05) is 38.8 Å². The van der Waals surface area contributed by atoms with E-state index in [0.717, 1.165) is 4.90 Å². The number of carboxylic acid groups (broad SMARTS) is 4. The number of rotatable bonds is 44. The maximum atomic E-state index is 14.7. The number of aliphatic hydroxyl groups excluding tert-OH is 1. The summed E-state index contributed by atoms with van der Waals surface area (Å²) >= 11 is 0. The standard InChI is InChI=1S/C72H101N13O22/c1-5-39(3)59(82-61(95)46(74)34-42-19-23-44(87)24-20-42)69(103)76-48(28-30-57(91)92)62(96)75-47(27-29-56(89)90)63(97)78-50(36-43-21-25-45(88)26-22-43)65(99)81-53(38-86)70(104)84-32-12-17-54(84)67(101)80-52(37-58(93)94)66(100)83-60(40(4)6-2)71(105)85-33-13-18-55(85)68(102)79-51(35-41-14-8-7-9-15-41)64(98)77-49(72(106)107)16-10-11-31-73/h7-9,14-15,19-26,39-40,46-55,59-60,86-88H,5-6,10-13,16-18,27-38,73-74H2,1-4H3,(H,75,96)(H,76,103)(H,77,98)(H,78,97)(H,79,102)(H,80,101)(H,81,99)(H,82,95)(H,83,100)(H,89,90)(H,91,92)(H,93,94)(H,106,107)/t39-,40-,46-,47-,48-,49-,50-,51-,52-,53-,54-,55-,59-,60-/m0/s1. The molecule has 35 heteroatoms. The van der Waals surface area contributed by atoms with E-state index in [0.29, 0.717) is 43.4 Å². The zero-order valence-electron chi connectivity index (χ0n) is 60.2. The van der Waals surface area contributed by atoms with E-state index >= 15 is 0 Å². The minimum Gasteiger partial charge on any atom is -0.508 e. The number of amides is 11. The summed E-state index contributed by atoms with van der Waals surface area (Å²) in [5, 5.41) is 92.3. The molecule has 0 spiro atoms. The molecule has 0 radical (unpaired) electrons. The van der Waals surface area contributed by atoms with E-state index in [1.807, 2.05) is 0 Å². The van der Waals surface area contributed by atoms with Crippen LogP contribution in [0.4, 0.5) is 0 Å². The van der Waals surface area contributed by atoms with E-state index in [2.05, 4.69) is 47.9 Å². The molecule has 2 saturated heterocycles. The van der Waals surface area contributed by atoms with Gasteiger partial charge in [-0.1, -0.05) is 95.1 Å². The average molecular weight is 1500 g/mol. The molecule has 3 aromatic carbocycles. The van der Waals surface area contributed by atoms with Crippen LogP contribution in [-0.2, 0) is 91.2 Å². The Morgan fingerprint density at radius 3 is 1.34 bits per heavy atom. The average Bonchev–Trinajstić information content (AvgIpc) is 1.73. The number of carbonyl (C=O) groups excluding carboxylic acids is 11. The lowest BCUT2D eigenvalue weighted by Crippen LogP contribution is -2.62. The second-order valence-corrected chi connectivity index (χ2v) is 26.9. The maximum Gasteiger partial charge on any atom is 0.326 e. The van der Waals surface area contributed by atoms with Gasteiger partial charge >= 0.3 is 23.9 Å². The van der Waals surface area contributed by atoms with Gasteiger partial charge in [0.05, 0.1) is 19.1 Å². The predicted octanol–water partition coefficient (Wildman–Crippen LogP) is -1.70. The molecular weight excluding hydrogens is 1400 g/mol. The first-order chi connectivity index (χ1) is 50.8. The van der Waals surface area contributed by atoms with Crippen molar-refractivity contribution in [3.63, 3.8) is 0 Å². The van der Waals surface area contributed by atoms with Crippen LogP contribution in [0.2, 0.25) is 0 Å². The van der Waals surface area contributed by atoms with Crippen LogP contribution in [0, 0.1) is 11.8 Å². The molecule has 2 aliphatic rings. The molecule has 586 valence electrons. The fourth-order valence-corrected chi connectivity index (χ4v) is 12.3. The Labute approximate surface area is 617 Å². The minimum absolute atomic E-state index is 0.00739. The lowest BCUT2D eigenvalue weighted by Gasteiger charge is -2.33. The number of phenolic OH excluding ortho intramolecular Hbond substituents is 2. The first kappa shape index (κ1) is 86.8. The summed E-state index contributed by atoms with van der Waals surface area (Å²) < 4.78 is 0. The number of nitrogens with one attached hydrogen (secondary N) is 9. The second-order valence-electron chi connectivity index (χ2n) is 26.9. The Kier molecular flexibility index (Phi) is 34.9. The number of aromatic hydroxyl groups is 2. The minimum atomic E-state index is -1.91. The van der Waals surface area contributed by atoms with Gasteiger partial charge in [-0.3, -0.25) is 67.1 Å². The van der Waals surface area contributed by atoms with Crippen LogP contribution in [-0.4, -0.2) is 233 Å². The first-order valence-electron chi connectivity index (χ1n) is 35.7. The number of likely N-dealkylation sites (tertiary alicyclic amines) is 2. The van der Waals surface area contributed by atoms with E-state index in [9.17, 15) is 108 Å². The zero-order chi connectivity index (χ0) is 79.2. The number of benzene rings is 3. The Morgan fingerprint density at radius 2 is 0.860 bits per heavy atom. The number of nitrogens with zero attached hydrogens (tertiary/aromatic N) is 2. The molecule has 0 saturated carbocycles. The van der Waals surface area contributed by atoms with Crippen molar-refractivity contribution in [3.05, 3.63) is 95.6 Å². The van der Waals surface area contributed by atoms with Gasteiger partial charge in [-0.2, -0.15) is 0 Å². The highest BCUT2D eigenvalue weighted by Gasteiger charge is 2.44. The largest absolute Gasteiger partial charge is 0.508 e. The van der Waals surface area contributed by atoms with Gasteiger partial charge in [0.15, 0.2) is 0 Å². The number of phenols is 2. The van der Waals surface area contributed by atoms with Gasteiger partial charge in [-0.25, -0.2) is 4.79 Å². The molecular formula is C72H101N13O22. The van der Waals surface area contributed by atoms with Gasteiger partial charge in [0.25, 0.3) is 0 Å². The van der Waals surface area contributed by atoms with Crippen molar-refractivity contribution < 1.29 is 108 Å². The molecule has 2 heterocycles. The predicted molar refractivity (Wildman–Crippen MR) is 381 cm³/mol. The van der Waals surface area contributed by atoms with E-state index in [4.69, 9.17) is 11.5 Å². The van der Waals surface area contributed by atoms with Gasteiger partial charge in [0.1, 0.15) is 78.0 Å². The van der Waals surface area contributed by atoms with Crippen molar-refractivity contribution >= 4 is 88.9 Å². The molecule has 0 aromatic heterocycles. The van der Waals surface area contributed by atoms with Crippen LogP contribution >= 0.6 is 0 Å². The SMILES string of the molecule is CC[C@H](C)[C@H](NC(=O)[C@@H](N)Cc1ccc(O)cc1)C(=O)N[C@@H](CCC(=O)O)C(=O)N[C@@H](CCC(=O)O)C(=O)N[C@@H](Cc1ccc(O)cc1)C(=O)N[C@@H](CO)C(=O)N1CCC[C@H]1C(=O)N[C@@H](CC(=O)O)C(=O)N[C@H](C(=O)N1CCC[C@H]1C(=O)N[C@@H](Cc1ccccc1)C(=O)N[C@@H](CCCCN)C(=O)O)[C@@H](C)CC. The third kappa shape index (κ3) is 27.2. The van der Waals surface area contributed by atoms with Crippen LogP contribution in [0.1, 0.15) is 134 Å². The van der Waals surface area contributed by atoms with Crippen LogP contribution in [0.5, 0.6) is 11.5 Å². The molecule has 35 nitrogen and oxygen atoms in total. The van der Waals surface area contributed by atoms with E-state index in [-0.39, 0.29) is 75.1 Å². The van der Waals surface area contributed by atoms with Crippen LogP contribution in [0.3, 0.4) is 0 Å². The highest BCUT2D eigenvalue weighted by atomic mass is 16.4. The normalized spacial score (nSPS) is 17.4. The number of carbonyl (C=O) groups is 15. The number of aliphatic hydroxyl groups is 1. The van der Waals surface area contributed by atoms with Crippen molar-refractivity contribution in [2.75, 3.05) is 26.2 Å². The van der Waals surface area contributed by atoms with Crippen molar-refractivity contribution in [1.82, 2.24) is 57.7 Å². The summed E-state index contributed by atoms with van der Waals surface area (Å²) in [5.41, 5.74) is 13.2. The number of hydrogen-bond acceptors (Lipinski definition) is 20. The van der Waals surface area contributed by atoms with Crippen LogP contribution in [0.25, 0.3) is 0 Å². The van der Waals surface area contributed by atoms with E-state index in [1.165, 1.54) is 53.4 Å². The maximum absolute atomic E-state index is 14.7. The third-order valence-electron chi connectivity index (χ3n) is 18.8. The van der Waals surface area contributed by atoms with Crippen molar-refractivity contribution in [1.29, 1.82) is 0 Å². The van der Waals surface area contributed by atoms with Gasteiger partial charge in [-0.15, -0.1) is 0 Å². The molecule has 0 aliphatic carbocycles. The Bertz CT molecular complexity index is 3590. The highest BCUT2D eigenvalue weighted by molar-refractivity contribution is 6.00. The monoisotopic (exact) mass is 1500 g/mol. The van der Waals surface area contributed by atoms with E-state index in [1.54, 1.807) is 58.0 Å². The first-order valence-corrected chi connectivity index (χ1v) is 35.7. The molecule has 11 amide bonds. The summed E-state index contributed by atoms with van der Waals surface area (Å²) in [6.45, 7) is 5.58. The van der Waals surface area contributed by atoms with Crippen LogP contribution < -0.4 is 59.3 Å². The highest BCUT2D eigenvalue weighted by Crippen LogP contribution is 2.25. The number of unbranched alkanes of at least 4 members (excludes halogenated alkanes) is 1. The molecule has 0 bridgehead atoms. The summed E-state index contributed by atoms with van der Waals surface area (Å²) in [4.78, 5) is 208. The fourth-order valence-electron chi connectivity index (χ4n) is 12.3. The smallest absolute Gasteiger partial charge is 0.326 e. The summed E-state index contributed by atoms with van der Waals surface area (Å²) in [7, 11) is 0. The lowest BCUT2D eigenvalue weighted by atomic mass is 9.96. The third-order valence-corrected chi connectivity index (χ3v) is 18.8. The van der Waals surface area contributed by atoms with Gasteiger partial charge in [0.2, 0.25) is 65.0 Å². The zero-order valence-corrected chi connectivity index (χ0v) is 60.2. The summed E-state index contributed by atoms with van der Waals surface area (Å²) in [6, 6.07) is 1.08. The van der Waals surface area contributed by atoms with Crippen molar-refractivity contribution in [3.8, 4) is 11.5 Å². The molecule has 0 unspecified atom stereocenters. The molecule has 14 atom stereocenters. The van der Waals surface area contributed by atoms with Crippen LogP contribution in [0.15, 0.2) is 78.9 Å². The molecule has 5 rings (SSSR count). The fraction of sp³-hybridized carbons (Fsp3) is 0.542. The van der Waals surface area contributed by atoms with E-state index < -0.39 is 218 Å². The number of carboxylic acids is 4. The van der Waals surface area contributed by atoms with Crippen molar-refractivity contribution in [2.45, 2.75) is 209 Å². The summed E-state index contributed by atoms with van der Waals surface area (Å²) in [6.07, 6.45) is -2.48. The Hall–Kier alpha value is -10.8. The number of aliphatic carboxylic acids is 4. The molecule has 107 heavy (non-hydrogen) atoms. The van der Waals surface area contributed by atoms with Gasteiger partial charge < -0.3 is 105 Å². The number of nitrogens with two attached hydrogens (primary N) is 2. The Balaban J connectivity index is 1.33. The lowest BCUT2D eigenvalue weighted by molar-refractivity contribution is -0.146.